The molecule has 1 aliphatic rings. The Morgan fingerprint density at radius 2 is 2.04 bits per heavy atom. The molecule has 2 heterocycles. The first kappa shape index (κ1) is 15.6. The monoisotopic (exact) mass is 323 g/mol. The van der Waals surface area contributed by atoms with Crippen LogP contribution in [-0.4, -0.2) is 16.9 Å². The minimum atomic E-state index is -4.72. The number of rotatable bonds is 2. The van der Waals surface area contributed by atoms with Crippen LogP contribution in [0.25, 0.3) is 0 Å². The van der Waals surface area contributed by atoms with Crippen LogP contribution in [0.3, 0.4) is 0 Å². The highest BCUT2D eigenvalue weighted by Gasteiger charge is 2.36. The number of pyridine rings is 1. The summed E-state index contributed by atoms with van der Waals surface area (Å²) in [5.74, 6) is 0.234. The molecule has 1 aromatic carbocycles. The third-order valence-electron chi connectivity index (χ3n) is 3.76. The second-order valence-corrected chi connectivity index (χ2v) is 6.15. The molecule has 1 atom stereocenters. The lowest BCUT2D eigenvalue weighted by molar-refractivity contribution is -0.274. The lowest BCUT2D eigenvalue weighted by Gasteiger charge is -2.38. The van der Waals surface area contributed by atoms with Gasteiger partial charge in [0.1, 0.15) is 17.1 Å². The van der Waals surface area contributed by atoms with Crippen molar-refractivity contribution in [1.82, 2.24) is 4.98 Å². The molecule has 0 saturated heterocycles. The third-order valence-corrected chi connectivity index (χ3v) is 3.76. The zero-order chi connectivity index (χ0) is 16.7. The molecule has 122 valence electrons. The van der Waals surface area contributed by atoms with Gasteiger partial charge in [0, 0.05) is 23.9 Å². The van der Waals surface area contributed by atoms with E-state index in [1.54, 1.807) is 12.4 Å². The number of ether oxygens (including phenoxy) is 2. The molecule has 2 aromatic rings. The maximum absolute atomic E-state index is 12.5. The number of alkyl halides is 3. The molecule has 1 aromatic heterocycles. The second-order valence-electron chi connectivity index (χ2n) is 6.15. The minimum Gasteiger partial charge on any atom is -0.488 e. The van der Waals surface area contributed by atoms with E-state index in [1.807, 2.05) is 26.0 Å². The fourth-order valence-corrected chi connectivity index (χ4v) is 2.91. The summed E-state index contributed by atoms with van der Waals surface area (Å²) in [5, 5.41) is 0. The topological polar surface area (TPSA) is 31.4 Å². The minimum absolute atomic E-state index is 0.0979. The van der Waals surface area contributed by atoms with E-state index in [0.29, 0.717) is 17.7 Å². The maximum atomic E-state index is 12.5. The van der Waals surface area contributed by atoms with Crippen molar-refractivity contribution >= 4 is 0 Å². The quantitative estimate of drug-likeness (QED) is 0.804. The molecule has 3 rings (SSSR count). The molecule has 23 heavy (non-hydrogen) atoms. The summed E-state index contributed by atoms with van der Waals surface area (Å²) in [6.07, 6.45) is -0.681. The van der Waals surface area contributed by atoms with E-state index in [1.165, 1.54) is 18.2 Å². The lowest BCUT2D eigenvalue weighted by atomic mass is 9.80. The van der Waals surface area contributed by atoms with Crippen molar-refractivity contribution in [2.45, 2.75) is 38.1 Å². The highest BCUT2D eigenvalue weighted by atomic mass is 19.4. The average molecular weight is 323 g/mol. The van der Waals surface area contributed by atoms with Gasteiger partial charge in [-0.3, -0.25) is 4.98 Å². The molecule has 0 fully saturated rings. The second kappa shape index (κ2) is 5.44. The van der Waals surface area contributed by atoms with E-state index in [2.05, 4.69) is 9.72 Å². The Balaban J connectivity index is 2.04. The van der Waals surface area contributed by atoms with Gasteiger partial charge in [-0.2, -0.15) is 0 Å². The fourth-order valence-electron chi connectivity index (χ4n) is 2.91. The van der Waals surface area contributed by atoms with Crippen LogP contribution in [0, 0.1) is 0 Å². The van der Waals surface area contributed by atoms with Gasteiger partial charge in [-0.05, 0) is 50.1 Å². The van der Waals surface area contributed by atoms with Crippen LogP contribution >= 0.6 is 0 Å². The molecule has 0 radical (unpaired) electrons. The lowest BCUT2D eigenvalue weighted by Crippen LogP contribution is -2.35. The number of halogens is 3. The van der Waals surface area contributed by atoms with Gasteiger partial charge in [-0.25, -0.2) is 0 Å². The van der Waals surface area contributed by atoms with Gasteiger partial charge >= 0.3 is 6.36 Å². The van der Waals surface area contributed by atoms with Gasteiger partial charge in [-0.1, -0.05) is 6.07 Å². The molecule has 0 aliphatic carbocycles. The van der Waals surface area contributed by atoms with Crippen molar-refractivity contribution in [3.05, 3.63) is 53.9 Å². The SMILES string of the molecule is CC1(C)CC(c2cccnc2)c2cc(OC(F)(F)F)ccc2O1. The summed E-state index contributed by atoms with van der Waals surface area (Å²) in [6.45, 7) is 3.92. The Morgan fingerprint density at radius 1 is 1.26 bits per heavy atom. The number of fused-ring (bicyclic) bond motifs is 1. The summed E-state index contributed by atoms with van der Waals surface area (Å²) in [4.78, 5) is 4.11. The first-order valence-corrected chi connectivity index (χ1v) is 7.22. The Bertz CT molecular complexity index is 699. The number of benzene rings is 1. The maximum Gasteiger partial charge on any atom is 0.573 e. The van der Waals surface area contributed by atoms with Crippen LogP contribution in [0.2, 0.25) is 0 Å². The summed E-state index contributed by atoms with van der Waals surface area (Å²) in [5.41, 5.74) is 1.20. The van der Waals surface area contributed by atoms with Crippen molar-refractivity contribution in [2.75, 3.05) is 0 Å². The van der Waals surface area contributed by atoms with Gasteiger partial charge in [-0.15, -0.1) is 13.2 Å². The van der Waals surface area contributed by atoms with Gasteiger partial charge in [0.25, 0.3) is 0 Å². The molecule has 1 unspecified atom stereocenters. The van der Waals surface area contributed by atoms with E-state index in [0.717, 1.165) is 5.56 Å². The molecular formula is C17H16F3NO2. The Hall–Kier alpha value is -2.24. The van der Waals surface area contributed by atoms with Crippen LogP contribution in [0.5, 0.6) is 11.5 Å². The molecule has 0 spiro atoms. The van der Waals surface area contributed by atoms with E-state index >= 15 is 0 Å². The number of aromatic nitrogens is 1. The van der Waals surface area contributed by atoms with Gasteiger partial charge in [0.05, 0.1) is 0 Å². The smallest absolute Gasteiger partial charge is 0.488 e. The predicted molar refractivity (Wildman–Crippen MR) is 78.5 cm³/mol. The number of nitrogens with zero attached hydrogens (tertiary/aromatic N) is 1. The largest absolute Gasteiger partial charge is 0.573 e. The van der Waals surface area contributed by atoms with E-state index in [9.17, 15) is 13.2 Å². The third kappa shape index (κ3) is 3.57. The van der Waals surface area contributed by atoms with Crippen molar-refractivity contribution in [2.24, 2.45) is 0 Å². The molecule has 1 aliphatic heterocycles. The summed E-state index contributed by atoms with van der Waals surface area (Å²) in [6, 6.07) is 7.93. The van der Waals surface area contributed by atoms with Crippen LogP contribution in [0.15, 0.2) is 42.7 Å². The fraction of sp³-hybridized carbons (Fsp3) is 0.353. The zero-order valence-corrected chi connectivity index (χ0v) is 12.7. The van der Waals surface area contributed by atoms with Gasteiger partial charge in [0.15, 0.2) is 0 Å². The average Bonchev–Trinajstić information content (AvgIpc) is 2.45. The van der Waals surface area contributed by atoms with E-state index in [4.69, 9.17) is 4.74 Å². The van der Waals surface area contributed by atoms with Crippen LogP contribution < -0.4 is 9.47 Å². The van der Waals surface area contributed by atoms with Crippen molar-refractivity contribution in [1.29, 1.82) is 0 Å². The molecule has 0 saturated carbocycles. The highest BCUT2D eigenvalue weighted by Crippen LogP contribution is 2.45. The molecule has 3 nitrogen and oxygen atoms in total. The van der Waals surface area contributed by atoms with E-state index < -0.39 is 12.0 Å². The predicted octanol–water partition coefficient (Wildman–Crippen LogP) is 4.67. The van der Waals surface area contributed by atoms with Crippen LogP contribution in [-0.2, 0) is 0 Å². The van der Waals surface area contributed by atoms with Gasteiger partial charge in [0.2, 0.25) is 0 Å². The Kier molecular flexibility index (Phi) is 3.70. The van der Waals surface area contributed by atoms with Crippen molar-refractivity contribution < 1.29 is 22.6 Å². The molecule has 0 bridgehead atoms. The first-order chi connectivity index (χ1) is 10.7. The normalized spacial score (nSPS) is 19.6. The van der Waals surface area contributed by atoms with Gasteiger partial charge < -0.3 is 9.47 Å². The summed E-state index contributed by atoms with van der Waals surface area (Å²) >= 11 is 0. The Labute approximate surface area is 132 Å². The highest BCUT2D eigenvalue weighted by molar-refractivity contribution is 5.48. The summed E-state index contributed by atoms with van der Waals surface area (Å²) in [7, 11) is 0. The molecular weight excluding hydrogens is 307 g/mol. The standard InChI is InChI=1S/C17H16F3NO2/c1-16(2)9-14(11-4-3-7-21-10-11)13-8-12(22-17(18,19)20)5-6-15(13)23-16/h3-8,10,14H,9H2,1-2H3. The molecule has 0 N–H and O–H groups in total. The summed E-state index contributed by atoms with van der Waals surface area (Å²) < 4.78 is 47.3. The zero-order valence-electron chi connectivity index (χ0n) is 12.7. The van der Waals surface area contributed by atoms with Crippen molar-refractivity contribution in [3.63, 3.8) is 0 Å². The van der Waals surface area contributed by atoms with Crippen molar-refractivity contribution in [3.8, 4) is 11.5 Å². The first-order valence-electron chi connectivity index (χ1n) is 7.22. The Morgan fingerprint density at radius 3 is 2.70 bits per heavy atom. The van der Waals surface area contributed by atoms with Crippen LogP contribution in [0.4, 0.5) is 13.2 Å². The number of hydrogen-bond donors (Lipinski definition) is 0. The number of hydrogen-bond acceptors (Lipinski definition) is 3. The molecule has 6 heteroatoms. The van der Waals surface area contributed by atoms with Crippen LogP contribution in [0.1, 0.15) is 37.3 Å². The van der Waals surface area contributed by atoms with E-state index in [-0.39, 0.29) is 11.7 Å². The molecule has 0 amide bonds.